The van der Waals surface area contributed by atoms with Gasteiger partial charge >= 0.3 is 5.97 Å². The van der Waals surface area contributed by atoms with Gasteiger partial charge in [-0.25, -0.2) is 13.2 Å². The smallest absolute Gasteiger partial charge is 0.338 e. The summed E-state index contributed by atoms with van der Waals surface area (Å²) in [5.74, 6) is -1.14. The molecule has 0 spiro atoms. The minimum Gasteiger partial charge on any atom is -0.452 e. The average molecular weight is 467 g/mol. The first-order valence-electron chi connectivity index (χ1n) is 10.5. The lowest BCUT2D eigenvalue weighted by atomic mass is 10.1. The molecule has 0 aliphatic heterocycles. The van der Waals surface area contributed by atoms with E-state index in [1.54, 1.807) is 31.2 Å². The summed E-state index contributed by atoms with van der Waals surface area (Å²) in [6, 6.07) is 23.4. The monoisotopic (exact) mass is 466 g/mol. The van der Waals surface area contributed by atoms with Crippen LogP contribution in [-0.4, -0.2) is 33.4 Å². The van der Waals surface area contributed by atoms with E-state index in [9.17, 15) is 18.0 Å². The molecule has 8 heteroatoms. The summed E-state index contributed by atoms with van der Waals surface area (Å²) in [6.45, 7) is 3.41. The molecule has 0 aromatic heterocycles. The minimum absolute atomic E-state index is 0.0548. The van der Waals surface area contributed by atoms with Gasteiger partial charge in [-0.3, -0.25) is 9.10 Å². The zero-order chi connectivity index (χ0) is 23.8. The Morgan fingerprint density at radius 3 is 2.06 bits per heavy atom. The summed E-state index contributed by atoms with van der Waals surface area (Å²) in [4.78, 5) is 24.5. The van der Waals surface area contributed by atoms with Gasteiger partial charge in [0.2, 0.25) is 0 Å². The number of benzene rings is 3. The first-order valence-corrected chi connectivity index (χ1v) is 12.0. The van der Waals surface area contributed by atoms with Crippen molar-refractivity contribution in [3.05, 3.63) is 96.1 Å². The van der Waals surface area contributed by atoms with Crippen LogP contribution in [0.1, 0.15) is 35.8 Å². The van der Waals surface area contributed by atoms with Crippen molar-refractivity contribution in [1.82, 2.24) is 5.32 Å². The van der Waals surface area contributed by atoms with Crippen molar-refractivity contribution in [2.45, 2.75) is 24.8 Å². The molecular weight excluding hydrogens is 440 g/mol. The zero-order valence-corrected chi connectivity index (χ0v) is 19.3. The summed E-state index contributed by atoms with van der Waals surface area (Å²) in [6.07, 6.45) is 0. The fraction of sp³-hybridized carbons (Fsp3) is 0.200. The number of carbonyl (C=O) groups excluding carboxylic acids is 2. The highest BCUT2D eigenvalue weighted by atomic mass is 32.2. The number of carbonyl (C=O) groups is 2. The molecule has 0 unspecified atom stereocenters. The van der Waals surface area contributed by atoms with Crippen LogP contribution in [0.4, 0.5) is 5.69 Å². The second-order valence-corrected chi connectivity index (χ2v) is 9.17. The van der Waals surface area contributed by atoms with Crippen LogP contribution in [0.2, 0.25) is 0 Å². The van der Waals surface area contributed by atoms with E-state index in [0.29, 0.717) is 5.69 Å². The lowest BCUT2D eigenvalue weighted by Crippen LogP contribution is -2.31. The lowest BCUT2D eigenvalue weighted by molar-refractivity contribution is -0.124. The number of ether oxygens (including phenoxy) is 1. The highest BCUT2D eigenvalue weighted by Gasteiger charge is 2.24. The first kappa shape index (κ1) is 24.0. The number of nitrogens with zero attached hydrogens (tertiary/aromatic N) is 1. The van der Waals surface area contributed by atoms with E-state index in [1.165, 1.54) is 28.6 Å². The number of anilines is 1. The molecule has 1 amide bonds. The van der Waals surface area contributed by atoms with E-state index >= 15 is 0 Å². The Kier molecular flexibility index (Phi) is 7.84. The van der Waals surface area contributed by atoms with Crippen LogP contribution in [0.25, 0.3) is 0 Å². The Labute approximate surface area is 194 Å². The van der Waals surface area contributed by atoms with Gasteiger partial charge < -0.3 is 10.1 Å². The van der Waals surface area contributed by atoms with Crippen LogP contribution >= 0.6 is 0 Å². The third-order valence-electron chi connectivity index (χ3n) is 5.02. The van der Waals surface area contributed by atoms with Gasteiger partial charge in [0.1, 0.15) is 0 Å². The van der Waals surface area contributed by atoms with Crippen molar-refractivity contribution in [3.63, 3.8) is 0 Å². The van der Waals surface area contributed by atoms with Gasteiger partial charge in [-0.2, -0.15) is 0 Å². The number of hydrogen-bond acceptors (Lipinski definition) is 5. The van der Waals surface area contributed by atoms with Gasteiger partial charge in [0, 0.05) is 6.54 Å². The highest BCUT2D eigenvalue weighted by molar-refractivity contribution is 7.92. The maximum absolute atomic E-state index is 13.0. The van der Waals surface area contributed by atoms with Gasteiger partial charge in [0.05, 0.1) is 22.2 Å². The Balaban J connectivity index is 1.61. The van der Waals surface area contributed by atoms with E-state index in [-0.39, 0.29) is 23.0 Å². The topological polar surface area (TPSA) is 92.8 Å². The summed E-state index contributed by atoms with van der Waals surface area (Å²) < 4.78 is 32.4. The van der Waals surface area contributed by atoms with Crippen LogP contribution < -0.4 is 9.62 Å². The van der Waals surface area contributed by atoms with E-state index in [0.717, 1.165) is 5.56 Å². The molecule has 1 N–H and O–H groups in total. The van der Waals surface area contributed by atoms with Gasteiger partial charge in [0.25, 0.3) is 15.9 Å². The van der Waals surface area contributed by atoms with Crippen molar-refractivity contribution in [3.8, 4) is 0 Å². The average Bonchev–Trinajstić information content (AvgIpc) is 2.84. The third-order valence-corrected chi connectivity index (χ3v) is 6.94. The van der Waals surface area contributed by atoms with Gasteiger partial charge in [-0.15, -0.1) is 0 Å². The predicted molar refractivity (Wildman–Crippen MR) is 126 cm³/mol. The number of para-hydroxylation sites is 1. The van der Waals surface area contributed by atoms with Gasteiger partial charge in [-0.1, -0.05) is 48.5 Å². The van der Waals surface area contributed by atoms with Gasteiger partial charge in [0.15, 0.2) is 6.61 Å². The number of esters is 1. The molecule has 7 nitrogen and oxygen atoms in total. The Hall–Kier alpha value is -3.65. The SMILES string of the molecule is CCN(c1ccccc1)S(=O)(=O)c1ccc(C(=O)OCC(=O)N[C@@H](C)c2ccccc2)cc1. The van der Waals surface area contributed by atoms with Crippen LogP contribution in [0, 0.1) is 0 Å². The maximum Gasteiger partial charge on any atom is 0.338 e. The zero-order valence-electron chi connectivity index (χ0n) is 18.5. The quantitative estimate of drug-likeness (QED) is 0.482. The van der Waals surface area contributed by atoms with Crippen molar-refractivity contribution in [2.75, 3.05) is 17.5 Å². The number of hydrogen-bond donors (Lipinski definition) is 1. The first-order chi connectivity index (χ1) is 15.8. The molecule has 0 radical (unpaired) electrons. The fourth-order valence-corrected chi connectivity index (χ4v) is 4.77. The van der Waals surface area contributed by atoms with Crippen LogP contribution in [0.5, 0.6) is 0 Å². The molecule has 0 fully saturated rings. The fourth-order valence-electron chi connectivity index (χ4n) is 3.30. The highest BCUT2D eigenvalue weighted by Crippen LogP contribution is 2.23. The molecule has 172 valence electrons. The Morgan fingerprint density at radius 1 is 0.909 bits per heavy atom. The van der Waals surface area contributed by atoms with Crippen LogP contribution in [0.3, 0.4) is 0 Å². The lowest BCUT2D eigenvalue weighted by Gasteiger charge is -2.22. The summed E-state index contributed by atoms with van der Waals surface area (Å²) in [5.41, 5.74) is 1.64. The van der Waals surface area contributed by atoms with E-state index in [2.05, 4.69) is 5.32 Å². The van der Waals surface area contributed by atoms with Crippen LogP contribution in [-0.2, 0) is 19.6 Å². The normalized spacial score (nSPS) is 11.9. The van der Waals surface area contributed by atoms with Gasteiger partial charge in [-0.05, 0) is 55.8 Å². The van der Waals surface area contributed by atoms with Crippen LogP contribution in [0.15, 0.2) is 89.8 Å². The van der Waals surface area contributed by atoms with E-state index < -0.39 is 28.5 Å². The second-order valence-electron chi connectivity index (χ2n) is 7.31. The molecule has 0 saturated carbocycles. The molecule has 3 rings (SSSR count). The molecule has 0 aliphatic rings. The Morgan fingerprint density at radius 2 is 1.48 bits per heavy atom. The number of sulfonamides is 1. The third kappa shape index (κ3) is 5.98. The second kappa shape index (κ2) is 10.8. The molecule has 0 aliphatic carbocycles. The molecule has 0 saturated heterocycles. The predicted octanol–water partition coefficient (Wildman–Crippen LogP) is 3.94. The number of amides is 1. The van der Waals surface area contributed by atoms with Crippen molar-refractivity contribution < 1.29 is 22.7 Å². The number of rotatable bonds is 9. The van der Waals surface area contributed by atoms with E-state index in [4.69, 9.17) is 4.74 Å². The molecule has 3 aromatic rings. The van der Waals surface area contributed by atoms with Crippen molar-refractivity contribution in [2.24, 2.45) is 0 Å². The Bertz CT molecular complexity index is 1180. The molecule has 0 heterocycles. The maximum atomic E-state index is 13.0. The summed E-state index contributed by atoms with van der Waals surface area (Å²) in [7, 11) is -3.80. The molecular formula is C25H26N2O5S. The summed E-state index contributed by atoms with van der Waals surface area (Å²) in [5, 5.41) is 2.77. The van der Waals surface area contributed by atoms with Crippen molar-refractivity contribution in [1.29, 1.82) is 0 Å². The molecule has 0 bridgehead atoms. The molecule has 3 aromatic carbocycles. The molecule has 33 heavy (non-hydrogen) atoms. The standard InChI is InChI=1S/C25H26N2O5S/c1-3-27(22-12-8-5-9-13-22)33(30,31)23-16-14-21(15-17-23)25(29)32-18-24(28)26-19(2)20-10-6-4-7-11-20/h4-17,19H,3,18H2,1-2H3,(H,26,28)/t19-/m0/s1. The molecule has 1 atom stereocenters. The summed E-state index contributed by atoms with van der Waals surface area (Å²) >= 11 is 0. The van der Waals surface area contributed by atoms with Crippen molar-refractivity contribution >= 4 is 27.6 Å². The number of nitrogens with one attached hydrogen (secondary N) is 1. The van der Waals surface area contributed by atoms with E-state index in [1.807, 2.05) is 43.3 Å². The largest absolute Gasteiger partial charge is 0.452 e. The minimum atomic E-state index is -3.80.